The lowest BCUT2D eigenvalue weighted by Gasteiger charge is -2.38. The standard InChI is InChI=1S/C16H23N7O2S/c1-21(9-10-22-7-2-4-19-22)16-18-5-3-15(20-16)23-8-6-17-13-11-26(24,25)12-14(13)23/h2-5,7,13-14,17H,6,8-12H2,1H3/t13-,14+/m1/s1. The van der Waals surface area contributed by atoms with Gasteiger partial charge in [0, 0.05) is 51.3 Å². The van der Waals surface area contributed by atoms with Crippen LogP contribution in [0.15, 0.2) is 30.7 Å². The summed E-state index contributed by atoms with van der Waals surface area (Å²) in [7, 11) is -1.05. The lowest BCUT2D eigenvalue weighted by molar-refractivity contribution is 0.422. The van der Waals surface area contributed by atoms with Crippen molar-refractivity contribution in [1.29, 1.82) is 0 Å². The van der Waals surface area contributed by atoms with Crippen LogP contribution in [-0.2, 0) is 16.4 Å². The predicted molar refractivity (Wildman–Crippen MR) is 99.1 cm³/mol. The Balaban J connectivity index is 1.50. The van der Waals surface area contributed by atoms with E-state index < -0.39 is 9.84 Å². The molecule has 140 valence electrons. The molecule has 26 heavy (non-hydrogen) atoms. The van der Waals surface area contributed by atoms with E-state index >= 15 is 0 Å². The summed E-state index contributed by atoms with van der Waals surface area (Å²) in [5, 5.41) is 7.53. The van der Waals surface area contributed by atoms with Crippen molar-refractivity contribution in [2.24, 2.45) is 0 Å². The fraction of sp³-hybridized carbons (Fsp3) is 0.562. The maximum atomic E-state index is 12.0. The van der Waals surface area contributed by atoms with Crippen LogP contribution in [0.4, 0.5) is 11.8 Å². The zero-order valence-corrected chi connectivity index (χ0v) is 15.5. The van der Waals surface area contributed by atoms with Gasteiger partial charge < -0.3 is 15.1 Å². The summed E-state index contributed by atoms with van der Waals surface area (Å²) in [6, 6.07) is 3.67. The van der Waals surface area contributed by atoms with Crippen LogP contribution in [0.5, 0.6) is 0 Å². The Morgan fingerprint density at radius 2 is 2.23 bits per heavy atom. The van der Waals surface area contributed by atoms with Crippen LogP contribution in [0.25, 0.3) is 0 Å². The van der Waals surface area contributed by atoms with Crippen molar-refractivity contribution in [3.63, 3.8) is 0 Å². The van der Waals surface area contributed by atoms with Crippen LogP contribution in [0.3, 0.4) is 0 Å². The molecule has 2 aliphatic heterocycles. The number of fused-ring (bicyclic) bond motifs is 1. The monoisotopic (exact) mass is 377 g/mol. The summed E-state index contributed by atoms with van der Waals surface area (Å²) in [5.41, 5.74) is 0. The first-order valence-corrected chi connectivity index (χ1v) is 10.6. The third kappa shape index (κ3) is 3.51. The summed E-state index contributed by atoms with van der Waals surface area (Å²) in [5.74, 6) is 1.80. The van der Waals surface area contributed by atoms with E-state index in [4.69, 9.17) is 4.98 Å². The van der Waals surface area contributed by atoms with Gasteiger partial charge in [-0.2, -0.15) is 10.1 Å². The Morgan fingerprint density at radius 1 is 1.35 bits per heavy atom. The first kappa shape index (κ1) is 17.2. The molecule has 2 saturated heterocycles. The highest BCUT2D eigenvalue weighted by molar-refractivity contribution is 7.91. The van der Waals surface area contributed by atoms with Gasteiger partial charge in [-0.15, -0.1) is 0 Å². The van der Waals surface area contributed by atoms with E-state index in [1.165, 1.54) is 0 Å². The Hall–Kier alpha value is -2.20. The van der Waals surface area contributed by atoms with Gasteiger partial charge >= 0.3 is 0 Å². The van der Waals surface area contributed by atoms with E-state index in [1.54, 1.807) is 12.4 Å². The van der Waals surface area contributed by atoms with Crippen LogP contribution in [0, 0.1) is 0 Å². The second-order valence-corrected chi connectivity index (χ2v) is 8.96. The smallest absolute Gasteiger partial charge is 0.227 e. The van der Waals surface area contributed by atoms with Crippen molar-refractivity contribution >= 4 is 21.6 Å². The average molecular weight is 377 g/mol. The van der Waals surface area contributed by atoms with E-state index in [-0.39, 0.29) is 23.6 Å². The number of nitrogens with one attached hydrogen (secondary N) is 1. The Bertz CT molecular complexity index is 855. The van der Waals surface area contributed by atoms with Crippen molar-refractivity contribution in [3.8, 4) is 0 Å². The van der Waals surface area contributed by atoms with Gasteiger partial charge in [0.1, 0.15) is 5.82 Å². The van der Waals surface area contributed by atoms with Crippen LogP contribution >= 0.6 is 0 Å². The third-order valence-electron chi connectivity index (χ3n) is 4.97. The maximum Gasteiger partial charge on any atom is 0.227 e. The summed E-state index contributed by atoms with van der Waals surface area (Å²) < 4.78 is 25.9. The molecule has 0 aliphatic carbocycles. The van der Waals surface area contributed by atoms with E-state index in [1.807, 2.05) is 35.0 Å². The molecule has 2 aliphatic rings. The molecule has 0 bridgehead atoms. The third-order valence-corrected chi connectivity index (χ3v) is 6.69. The Labute approximate surface area is 153 Å². The molecule has 0 spiro atoms. The lowest BCUT2D eigenvalue weighted by atomic mass is 10.1. The zero-order chi connectivity index (χ0) is 18.1. The molecule has 2 atom stereocenters. The first-order valence-electron chi connectivity index (χ1n) is 8.74. The highest BCUT2D eigenvalue weighted by atomic mass is 32.2. The topological polar surface area (TPSA) is 96.3 Å². The Kier molecular flexibility index (Phi) is 4.53. The highest BCUT2D eigenvalue weighted by Gasteiger charge is 2.43. The van der Waals surface area contributed by atoms with Crippen molar-refractivity contribution in [2.75, 3.05) is 48.0 Å². The average Bonchev–Trinajstić information content (AvgIpc) is 3.25. The number of sulfone groups is 1. The van der Waals surface area contributed by atoms with Crippen LogP contribution in [0.1, 0.15) is 0 Å². The Morgan fingerprint density at radius 3 is 3.04 bits per heavy atom. The number of hydrogen-bond acceptors (Lipinski definition) is 8. The van der Waals surface area contributed by atoms with Crippen LogP contribution in [-0.4, -0.2) is 78.4 Å². The minimum Gasteiger partial charge on any atom is -0.350 e. The number of aromatic nitrogens is 4. The molecule has 4 rings (SSSR count). The molecule has 2 aromatic heterocycles. The summed E-state index contributed by atoms with van der Waals surface area (Å²) in [6.07, 6.45) is 5.42. The van der Waals surface area contributed by atoms with Gasteiger partial charge in [0.15, 0.2) is 9.84 Å². The molecule has 2 aromatic rings. The van der Waals surface area contributed by atoms with E-state index in [0.717, 1.165) is 32.0 Å². The zero-order valence-electron chi connectivity index (χ0n) is 14.7. The fourth-order valence-corrected chi connectivity index (χ4v) is 5.58. The van der Waals surface area contributed by atoms with E-state index in [9.17, 15) is 8.42 Å². The van der Waals surface area contributed by atoms with Gasteiger partial charge in [0.05, 0.1) is 24.1 Å². The molecule has 0 unspecified atom stereocenters. The van der Waals surface area contributed by atoms with Crippen molar-refractivity contribution in [3.05, 3.63) is 30.7 Å². The predicted octanol–water partition coefficient (Wildman–Crippen LogP) is -0.615. The number of anilines is 2. The quantitative estimate of drug-likeness (QED) is 0.737. The molecule has 2 fully saturated rings. The molecule has 0 aromatic carbocycles. The molecule has 0 amide bonds. The van der Waals surface area contributed by atoms with Crippen molar-refractivity contribution in [2.45, 2.75) is 18.6 Å². The molecule has 1 N–H and O–H groups in total. The van der Waals surface area contributed by atoms with Gasteiger partial charge in [0.25, 0.3) is 0 Å². The van der Waals surface area contributed by atoms with Gasteiger partial charge in [-0.3, -0.25) is 4.68 Å². The molecule has 0 saturated carbocycles. The molecular weight excluding hydrogens is 354 g/mol. The molecule has 9 nitrogen and oxygen atoms in total. The number of likely N-dealkylation sites (N-methyl/N-ethyl adjacent to an activating group) is 1. The second-order valence-electron chi connectivity index (χ2n) is 6.80. The summed E-state index contributed by atoms with van der Waals surface area (Å²) >= 11 is 0. The minimum atomic E-state index is -3.00. The number of piperazine rings is 1. The normalized spacial score (nSPS) is 24.4. The van der Waals surface area contributed by atoms with Crippen molar-refractivity contribution in [1.82, 2.24) is 25.1 Å². The van der Waals surface area contributed by atoms with Crippen LogP contribution < -0.4 is 15.1 Å². The fourth-order valence-electron chi connectivity index (χ4n) is 3.62. The van der Waals surface area contributed by atoms with Crippen molar-refractivity contribution < 1.29 is 8.42 Å². The minimum absolute atomic E-state index is 0.0234. The number of nitrogens with zero attached hydrogens (tertiary/aromatic N) is 6. The van der Waals surface area contributed by atoms with Gasteiger partial charge in [-0.25, -0.2) is 13.4 Å². The first-order chi connectivity index (χ1) is 12.5. The van der Waals surface area contributed by atoms with Gasteiger partial charge in [-0.1, -0.05) is 0 Å². The van der Waals surface area contributed by atoms with E-state index in [0.29, 0.717) is 5.95 Å². The molecular formula is C16H23N7O2S. The molecule has 0 radical (unpaired) electrons. The summed E-state index contributed by atoms with van der Waals surface area (Å²) in [6.45, 7) is 2.97. The van der Waals surface area contributed by atoms with Crippen LogP contribution in [0.2, 0.25) is 0 Å². The summed E-state index contributed by atoms with van der Waals surface area (Å²) in [4.78, 5) is 13.2. The second kappa shape index (κ2) is 6.84. The lowest BCUT2D eigenvalue weighted by Crippen LogP contribution is -2.57. The SMILES string of the molecule is CN(CCn1cccn1)c1nccc(N2CCN[C@@H]3CS(=O)(=O)C[C@@H]32)n1. The van der Waals surface area contributed by atoms with Gasteiger partial charge in [-0.05, 0) is 12.1 Å². The van der Waals surface area contributed by atoms with E-state index in [2.05, 4.69) is 20.3 Å². The number of hydrogen-bond donors (Lipinski definition) is 1. The molecule has 4 heterocycles. The van der Waals surface area contributed by atoms with Gasteiger partial charge in [0.2, 0.25) is 5.95 Å². The number of rotatable bonds is 5. The highest BCUT2D eigenvalue weighted by Crippen LogP contribution is 2.26. The molecule has 10 heteroatoms. The maximum absolute atomic E-state index is 12.0. The largest absolute Gasteiger partial charge is 0.350 e.